The third kappa shape index (κ3) is 3.59. The summed E-state index contributed by atoms with van der Waals surface area (Å²) in [6, 6.07) is 17.6. The zero-order valence-electron chi connectivity index (χ0n) is 16.7. The summed E-state index contributed by atoms with van der Waals surface area (Å²) >= 11 is 0. The first-order valence-corrected chi connectivity index (χ1v) is 10.4. The molecule has 0 aromatic heterocycles. The van der Waals surface area contributed by atoms with Gasteiger partial charge in [0.25, 0.3) is 0 Å². The van der Waals surface area contributed by atoms with Gasteiger partial charge in [-0.05, 0) is 48.4 Å². The van der Waals surface area contributed by atoms with Crippen molar-refractivity contribution >= 4 is 5.91 Å². The molecule has 3 aliphatic rings. The predicted octanol–water partition coefficient (Wildman–Crippen LogP) is 4.19. The van der Waals surface area contributed by atoms with E-state index >= 15 is 0 Å². The third-order valence-corrected chi connectivity index (χ3v) is 6.04. The van der Waals surface area contributed by atoms with Gasteiger partial charge in [-0.1, -0.05) is 48.5 Å². The van der Waals surface area contributed by atoms with Crippen LogP contribution >= 0.6 is 0 Å². The van der Waals surface area contributed by atoms with E-state index in [2.05, 4.69) is 53.8 Å². The highest BCUT2D eigenvalue weighted by atomic mass is 16.7. The molecule has 4 heteroatoms. The minimum atomic E-state index is -0.459. The van der Waals surface area contributed by atoms with Gasteiger partial charge >= 0.3 is 0 Å². The van der Waals surface area contributed by atoms with Crippen molar-refractivity contribution < 1.29 is 14.3 Å². The summed E-state index contributed by atoms with van der Waals surface area (Å²) in [5, 5.41) is 3.15. The Kier molecular flexibility index (Phi) is 5.79. The average molecular weight is 380 g/mol. The van der Waals surface area contributed by atoms with Gasteiger partial charge < -0.3 is 14.8 Å². The van der Waals surface area contributed by atoms with Crippen LogP contribution in [0.3, 0.4) is 0 Å². The molecule has 0 aliphatic heterocycles. The maximum absolute atomic E-state index is 12.5. The first-order chi connectivity index (χ1) is 13.7. The average Bonchev–Trinajstić information content (AvgIpc) is 2.73. The van der Waals surface area contributed by atoms with Crippen molar-refractivity contribution in [1.82, 2.24) is 5.32 Å². The topological polar surface area (TPSA) is 47.6 Å². The molecule has 1 N–H and O–H groups in total. The van der Waals surface area contributed by atoms with Crippen LogP contribution in [0.1, 0.15) is 60.8 Å². The standard InChI is InChI=1S/C24H29NO3/c1-3-27-23(28-4-2)14-22(26)25-15-16-13-21-17-9-5-7-11-19(17)24(16)20-12-8-6-10-18(20)21/h5-12,16,21,23-24H,3-4,13-15H2,1-2H3,(H,25,26). The van der Waals surface area contributed by atoms with E-state index in [-0.39, 0.29) is 12.3 Å². The van der Waals surface area contributed by atoms with Crippen molar-refractivity contribution in [3.63, 3.8) is 0 Å². The Morgan fingerprint density at radius 1 is 0.964 bits per heavy atom. The van der Waals surface area contributed by atoms with Gasteiger partial charge in [-0.2, -0.15) is 0 Å². The molecule has 0 fully saturated rings. The number of ether oxygens (including phenoxy) is 2. The van der Waals surface area contributed by atoms with Crippen LogP contribution in [0.2, 0.25) is 0 Å². The van der Waals surface area contributed by atoms with Crippen molar-refractivity contribution in [3.8, 4) is 0 Å². The molecule has 28 heavy (non-hydrogen) atoms. The van der Waals surface area contributed by atoms with E-state index in [1.807, 2.05) is 13.8 Å². The zero-order chi connectivity index (χ0) is 19.5. The lowest BCUT2D eigenvalue weighted by molar-refractivity contribution is -0.153. The fraction of sp³-hybridized carbons (Fsp3) is 0.458. The van der Waals surface area contributed by atoms with E-state index in [4.69, 9.17) is 9.47 Å². The summed E-state index contributed by atoms with van der Waals surface area (Å²) in [5.41, 5.74) is 5.78. The maximum atomic E-state index is 12.5. The van der Waals surface area contributed by atoms with Crippen LogP contribution in [0.25, 0.3) is 0 Å². The number of hydrogen-bond acceptors (Lipinski definition) is 3. The van der Waals surface area contributed by atoms with Crippen LogP contribution in [-0.4, -0.2) is 32.0 Å². The lowest BCUT2D eigenvalue weighted by Gasteiger charge is -2.45. The number of rotatable bonds is 8. The number of amides is 1. The highest BCUT2D eigenvalue weighted by molar-refractivity contribution is 5.76. The second-order valence-electron chi connectivity index (χ2n) is 7.63. The molecule has 148 valence electrons. The van der Waals surface area contributed by atoms with Crippen LogP contribution in [-0.2, 0) is 14.3 Å². The molecule has 4 nitrogen and oxygen atoms in total. The molecule has 2 aromatic carbocycles. The Labute approximate surface area is 167 Å². The van der Waals surface area contributed by atoms with Gasteiger partial charge in [0, 0.05) is 31.6 Å². The molecule has 3 aliphatic carbocycles. The summed E-state index contributed by atoms with van der Waals surface area (Å²) in [5.74, 6) is 1.19. The maximum Gasteiger partial charge on any atom is 0.225 e. The molecule has 0 saturated carbocycles. The lowest BCUT2D eigenvalue weighted by Crippen LogP contribution is -2.40. The van der Waals surface area contributed by atoms with Gasteiger partial charge in [-0.3, -0.25) is 4.79 Å². The molecule has 2 aromatic rings. The van der Waals surface area contributed by atoms with Gasteiger partial charge in [0.2, 0.25) is 5.91 Å². The molecule has 0 spiro atoms. The summed E-state index contributed by atoms with van der Waals surface area (Å²) in [4.78, 5) is 12.5. The van der Waals surface area contributed by atoms with Crippen LogP contribution in [0.5, 0.6) is 0 Å². The molecule has 0 heterocycles. The van der Waals surface area contributed by atoms with E-state index < -0.39 is 6.29 Å². The number of fused-ring (bicyclic) bond motifs is 1. The third-order valence-electron chi connectivity index (χ3n) is 6.04. The summed E-state index contributed by atoms with van der Waals surface area (Å²) in [7, 11) is 0. The highest BCUT2D eigenvalue weighted by Gasteiger charge is 2.42. The van der Waals surface area contributed by atoms with Crippen LogP contribution in [0.15, 0.2) is 48.5 Å². The van der Waals surface area contributed by atoms with Crippen molar-refractivity contribution in [1.29, 1.82) is 0 Å². The van der Waals surface area contributed by atoms with Crippen molar-refractivity contribution in [2.24, 2.45) is 5.92 Å². The molecule has 0 radical (unpaired) electrons. The van der Waals surface area contributed by atoms with Crippen molar-refractivity contribution in [3.05, 3.63) is 70.8 Å². The fourth-order valence-electron chi connectivity index (χ4n) is 4.97. The molecular formula is C24H29NO3. The quantitative estimate of drug-likeness (QED) is 0.700. The molecule has 0 saturated heterocycles. The monoisotopic (exact) mass is 379 g/mol. The lowest BCUT2D eigenvalue weighted by atomic mass is 9.59. The molecule has 1 atom stereocenters. The van der Waals surface area contributed by atoms with E-state index in [9.17, 15) is 4.79 Å². The number of benzene rings is 2. The first-order valence-electron chi connectivity index (χ1n) is 10.4. The molecule has 1 unspecified atom stereocenters. The zero-order valence-corrected chi connectivity index (χ0v) is 16.7. The number of hydrogen-bond donors (Lipinski definition) is 1. The second-order valence-corrected chi connectivity index (χ2v) is 7.63. The van der Waals surface area contributed by atoms with Gasteiger partial charge in [0.1, 0.15) is 0 Å². The molecule has 1 amide bonds. The summed E-state index contributed by atoms with van der Waals surface area (Å²) < 4.78 is 11.0. The summed E-state index contributed by atoms with van der Waals surface area (Å²) in [6.07, 6.45) is 0.869. The minimum absolute atomic E-state index is 0.00471. The van der Waals surface area contributed by atoms with E-state index in [0.717, 1.165) is 6.42 Å². The molecule has 2 bridgehead atoms. The van der Waals surface area contributed by atoms with E-state index in [1.165, 1.54) is 22.3 Å². The Morgan fingerprint density at radius 3 is 2.04 bits per heavy atom. The minimum Gasteiger partial charge on any atom is -0.356 e. The van der Waals surface area contributed by atoms with Gasteiger partial charge in [-0.25, -0.2) is 0 Å². The van der Waals surface area contributed by atoms with Gasteiger partial charge in [0.05, 0.1) is 6.42 Å². The first kappa shape index (κ1) is 19.2. The molecular weight excluding hydrogens is 350 g/mol. The number of carbonyl (C=O) groups is 1. The summed E-state index contributed by atoms with van der Waals surface area (Å²) in [6.45, 7) is 5.60. The molecule has 5 rings (SSSR count). The Hall–Kier alpha value is -2.17. The predicted molar refractivity (Wildman–Crippen MR) is 109 cm³/mol. The smallest absolute Gasteiger partial charge is 0.225 e. The van der Waals surface area contributed by atoms with Crippen molar-refractivity contribution in [2.45, 2.75) is 44.8 Å². The van der Waals surface area contributed by atoms with Gasteiger partial charge in [0.15, 0.2) is 6.29 Å². The van der Waals surface area contributed by atoms with E-state index in [0.29, 0.717) is 37.5 Å². The van der Waals surface area contributed by atoms with E-state index in [1.54, 1.807) is 0 Å². The van der Waals surface area contributed by atoms with Crippen LogP contribution in [0, 0.1) is 5.92 Å². The number of carbonyl (C=O) groups excluding carboxylic acids is 1. The SMILES string of the molecule is CCOC(CC(=O)NCC1CC2c3ccccc3C1c1ccccc12)OCC. The second kappa shape index (κ2) is 8.46. The largest absolute Gasteiger partial charge is 0.356 e. The van der Waals surface area contributed by atoms with Crippen LogP contribution < -0.4 is 5.32 Å². The fourth-order valence-corrected chi connectivity index (χ4v) is 4.97. The highest BCUT2D eigenvalue weighted by Crippen LogP contribution is 2.55. The van der Waals surface area contributed by atoms with Crippen LogP contribution in [0.4, 0.5) is 0 Å². The Bertz CT molecular complexity index is 781. The van der Waals surface area contributed by atoms with Crippen molar-refractivity contribution in [2.75, 3.05) is 19.8 Å². The normalized spacial score (nSPS) is 22.0. The van der Waals surface area contributed by atoms with Gasteiger partial charge in [-0.15, -0.1) is 0 Å². The number of nitrogens with one attached hydrogen (secondary N) is 1. The Balaban J connectivity index is 1.48. The Morgan fingerprint density at radius 2 is 1.50 bits per heavy atom.